The molecule has 3 aromatic rings. The monoisotopic (exact) mass is 369 g/mol. The molecule has 0 radical (unpaired) electrons. The fourth-order valence-electron chi connectivity index (χ4n) is 2.62. The minimum atomic E-state index is -0.00345. The number of thiazole rings is 1. The quantitative estimate of drug-likeness (QED) is 0.691. The van der Waals surface area contributed by atoms with Crippen molar-refractivity contribution in [3.63, 3.8) is 0 Å². The highest BCUT2D eigenvalue weighted by atomic mass is 32.1. The van der Waals surface area contributed by atoms with Crippen LogP contribution >= 0.6 is 11.3 Å². The summed E-state index contributed by atoms with van der Waals surface area (Å²) in [5.74, 6) is 0.806. The van der Waals surface area contributed by atoms with Gasteiger partial charge in [-0.15, -0.1) is 11.3 Å². The molecule has 3 rings (SSSR count). The lowest BCUT2D eigenvalue weighted by Gasteiger charge is -2.22. The van der Waals surface area contributed by atoms with Gasteiger partial charge in [-0.05, 0) is 43.8 Å². The smallest absolute Gasteiger partial charge is 0.234 e. The highest BCUT2D eigenvalue weighted by molar-refractivity contribution is 7.18. The molecule has 0 aliphatic heterocycles. The third-order valence-electron chi connectivity index (χ3n) is 4.37. The molecule has 1 amide bonds. The maximum absolute atomic E-state index is 12.3. The Hall–Kier alpha value is -2.44. The second kappa shape index (κ2) is 8.29. The van der Waals surface area contributed by atoms with E-state index in [0.717, 1.165) is 21.8 Å². The second-order valence-corrected chi connectivity index (χ2v) is 7.30. The minimum Gasteiger partial charge on any atom is -0.497 e. The van der Waals surface area contributed by atoms with Crippen LogP contribution in [-0.2, 0) is 11.3 Å². The molecule has 1 heterocycles. The summed E-state index contributed by atoms with van der Waals surface area (Å²) in [6.45, 7) is 2.91. The van der Waals surface area contributed by atoms with E-state index < -0.39 is 0 Å². The number of carbonyl (C=O) groups is 1. The third-order valence-corrected chi connectivity index (χ3v) is 5.58. The molecular formula is C20H23N3O2S. The molecule has 2 aromatic carbocycles. The van der Waals surface area contributed by atoms with Crippen LogP contribution in [0.1, 0.15) is 23.5 Å². The van der Waals surface area contributed by atoms with E-state index in [1.165, 1.54) is 4.70 Å². The molecule has 5 nitrogen and oxygen atoms in total. The Bertz CT molecular complexity index is 843. The van der Waals surface area contributed by atoms with E-state index in [1.807, 2.05) is 54.4 Å². The Labute approximate surface area is 157 Å². The van der Waals surface area contributed by atoms with Gasteiger partial charge in [0.1, 0.15) is 10.8 Å². The number of hydrogen-bond acceptors (Lipinski definition) is 5. The highest BCUT2D eigenvalue weighted by Gasteiger charge is 2.18. The number of nitrogens with zero attached hydrogens (tertiary/aromatic N) is 2. The van der Waals surface area contributed by atoms with Crippen molar-refractivity contribution >= 4 is 27.5 Å². The summed E-state index contributed by atoms with van der Waals surface area (Å²) in [6.07, 6.45) is 0. The molecule has 26 heavy (non-hydrogen) atoms. The number of likely N-dealkylation sites (N-methyl/N-ethyl adjacent to an activating group) is 1. The number of ether oxygens (including phenoxy) is 1. The summed E-state index contributed by atoms with van der Waals surface area (Å²) in [5.41, 5.74) is 2.05. The van der Waals surface area contributed by atoms with E-state index in [0.29, 0.717) is 13.1 Å². The van der Waals surface area contributed by atoms with Crippen LogP contribution in [-0.4, -0.2) is 36.5 Å². The fraction of sp³-hybridized carbons (Fsp3) is 0.300. The number of methoxy groups -OCH3 is 1. The van der Waals surface area contributed by atoms with E-state index in [1.54, 1.807) is 18.4 Å². The maximum Gasteiger partial charge on any atom is 0.234 e. The number of amides is 1. The molecule has 1 N–H and O–H groups in total. The van der Waals surface area contributed by atoms with Crippen LogP contribution in [0.4, 0.5) is 0 Å². The van der Waals surface area contributed by atoms with Crippen LogP contribution in [0, 0.1) is 0 Å². The lowest BCUT2D eigenvalue weighted by molar-refractivity contribution is -0.122. The first-order chi connectivity index (χ1) is 12.6. The number of fused-ring (bicyclic) bond motifs is 1. The van der Waals surface area contributed by atoms with Gasteiger partial charge in [-0.3, -0.25) is 9.69 Å². The molecule has 0 saturated carbocycles. The molecule has 0 spiro atoms. The van der Waals surface area contributed by atoms with Crippen molar-refractivity contribution in [2.45, 2.75) is 19.5 Å². The highest BCUT2D eigenvalue weighted by Crippen LogP contribution is 2.28. The molecule has 1 aromatic heterocycles. The van der Waals surface area contributed by atoms with Gasteiger partial charge in [0.25, 0.3) is 0 Å². The Kier molecular flexibility index (Phi) is 5.85. The summed E-state index contributed by atoms with van der Waals surface area (Å²) >= 11 is 1.68. The van der Waals surface area contributed by atoms with Crippen LogP contribution in [0.15, 0.2) is 48.5 Å². The Morgan fingerprint density at radius 3 is 2.65 bits per heavy atom. The molecule has 0 saturated heterocycles. The number of carbonyl (C=O) groups excluding carboxylic acids is 1. The normalized spacial score (nSPS) is 12.3. The molecule has 0 aliphatic rings. The van der Waals surface area contributed by atoms with Crippen molar-refractivity contribution in [1.82, 2.24) is 15.2 Å². The van der Waals surface area contributed by atoms with Crippen molar-refractivity contribution in [2.24, 2.45) is 0 Å². The lowest BCUT2D eigenvalue weighted by Crippen LogP contribution is -2.36. The Balaban J connectivity index is 1.54. The van der Waals surface area contributed by atoms with Crippen LogP contribution in [0.25, 0.3) is 10.2 Å². The predicted octanol–water partition coefficient (Wildman–Crippen LogP) is 3.61. The first-order valence-corrected chi connectivity index (χ1v) is 9.34. The third kappa shape index (κ3) is 4.39. The van der Waals surface area contributed by atoms with Gasteiger partial charge in [-0.25, -0.2) is 4.98 Å². The Morgan fingerprint density at radius 1 is 1.23 bits per heavy atom. The average Bonchev–Trinajstić information content (AvgIpc) is 3.10. The van der Waals surface area contributed by atoms with Gasteiger partial charge < -0.3 is 10.1 Å². The molecular weight excluding hydrogens is 346 g/mol. The van der Waals surface area contributed by atoms with Crippen molar-refractivity contribution in [1.29, 1.82) is 0 Å². The van der Waals surface area contributed by atoms with E-state index in [-0.39, 0.29) is 11.9 Å². The zero-order valence-corrected chi connectivity index (χ0v) is 16.0. The van der Waals surface area contributed by atoms with Gasteiger partial charge in [0.15, 0.2) is 0 Å². The van der Waals surface area contributed by atoms with Crippen LogP contribution in [0.3, 0.4) is 0 Å². The van der Waals surface area contributed by atoms with E-state index in [9.17, 15) is 4.79 Å². The minimum absolute atomic E-state index is 0.00345. The molecule has 6 heteroatoms. The molecule has 136 valence electrons. The van der Waals surface area contributed by atoms with Gasteiger partial charge in [-0.1, -0.05) is 24.3 Å². The molecule has 1 atom stereocenters. The summed E-state index contributed by atoms with van der Waals surface area (Å²) in [4.78, 5) is 19.0. The van der Waals surface area contributed by atoms with Gasteiger partial charge >= 0.3 is 0 Å². The van der Waals surface area contributed by atoms with E-state index in [4.69, 9.17) is 4.74 Å². The molecule has 0 bridgehead atoms. The zero-order valence-electron chi connectivity index (χ0n) is 15.2. The summed E-state index contributed by atoms with van der Waals surface area (Å²) < 4.78 is 6.31. The van der Waals surface area contributed by atoms with E-state index >= 15 is 0 Å². The van der Waals surface area contributed by atoms with Crippen molar-refractivity contribution < 1.29 is 9.53 Å². The average molecular weight is 369 g/mol. The van der Waals surface area contributed by atoms with Crippen molar-refractivity contribution in [2.75, 3.05) is 20.7 Å². The Morgan fingerprint density at radius 2 is 1.96 bits per heavy atom. The van der Waals surface area contributed by atoms with Crippen LogP contribution in [0.5, 0.6) is 5.75 Å². The first-order valence-electron chi connectivity index (χ1n) is 8.52. The second-order valence-electron chi connectivity index (χ2n) is 6.24. The van der Waals surface area contributed by atoms with Crippen molar-refractivity contribution in [3.05, 3.63) is 59.1 Å². The number of para-hydroxylation sites is 1. The number of benzene rings is 2. The van der Waals surface area contributed by atoms with Crippen molar-refractivity contribution in [3.8, 4) is 5.75 Å². The number of nitrogens with one attached hydrogen (secondary N) is 1. The topological polar surface area (TPSA) is 54.5 Å². The lowest BCUT2D eigenvalue weighted by atomic mass is 10.2. The maximum atomic E-state index is 12.3. The molecule has 1 unspecified atom stereocenters. The number of hydrogen-bond donors (Lipinski definition) is 1. The summed E-state index contributed by atoms with van der Waals surface area (Å²) in [7, 11) is 3.59. The van der Waals surface area contributed by atoms with Crippen LogP contribution in [0.2, 0.25) is 0 Å². The number of rotatable bonds is 7. The van der Waals surface area contributed by atoms with E-state index in [2.05, 4.69) is 23.3 Å². The zero-order chi connectivity index (χ0) is 18.5. The van der Waals surface area contributed by atoms with Gasteiger partial charge in [-0.2, -0.15) is 0 Å². The first kappa shape index (κ1) is 18.4. The molecule has 0 aliphatic carbocycles. The standard InChI is InChI=1S/C20H23N3O2S/c1-14(20-22-17-6-4-5-7-18(17)26-20)23(2)13-19(24)21-12-15-8-10-16(25-3)11-9-15/h4-11,14H,12-13H2,1-3H3,(H,21,24). The van der Waals surface area contributed by atoms with Gasteiger partial charge in [0.05, 0.1) is 29.9 Å². The summed E-state index contributed by atoms with van der Waals surface area (Å²) in [5, 5.41) is 3.99. The molecule has 0 fully saturated rings. The van der Waals surface area contributed by atoms with Gasteiger partial charge in [0, 0.05) is 6.54 Å². The predicted molar refractivity (Wildman–Crippen MR) is 106 cm³/mol. The largest absolute Gasteiger partial charge is 0.497 e. The summed E-state index contributed by atoms with van der Waals surface area (Å²) in [6, 6.07) is 15.9. The van der Waals surface area contributed by atoms with Crippen LogP contribution < -0.4 is 10.1 Å². The van der Waals surface area contributed by atoms with Gasteiger partial charge in [0.2, 0.25) is 5.91 Å². The SMILES string of the molecule is COc1ccc(CNC(=O)CN(C)C(C)c2nc3ccccc3s2)cc1. The fourth-order valence-corrected chi connectivity index (χ4v) is 3.71. The number of aromatic nitrogens is 1.